The molecule has 0 unspecified atom stereocenters. The van der Waals surface area contributed by atoms with Crippen LogP contribution >= 0.6 is 0 Å². The van der Waals surface area contributed by atoms with Crippen LogP contribution in [0, 0.1) is 0 Å². The first-order chi connectivity index (χ1) is 8.71. The zero-order valence-corrected chi connectivity index (χ0v) is 11.7. The summed E-state index contributed by atoms with van der Waals surface area (Å²) in [7, 11) is 0. The highest BCUT2D eigenvalue weighted by Crippen LogP contribution is 2.18. The molecule has 0 saturated heterocycles. The number of rotatable bonds is 7. The molecule has 0 heterocycles. The lowest BCUT2D eigenvalue weighted by Crippen LogP contribution is -2.24. The number of nitrogens with one attached hydrogen (secondary N) is 1. The molecular weight excluding hydrogens is 224 g/mol. The molecule has 0 radical (unpaired) electrons. The van der Waals surface area contributed by atoms with E-state index >= 15 is 0 Å². The summed E-state index contributed by atoms with van der Waals surface area (Å²) in [5.74, 6) is 0.0572. The summed E-state index contributed by atoms with van der Waals surface area (Å²) in [5.41, 5.74) is 2.10. The molecule has 3 nitrogen and oxygen atoms in total. The Bertz CT molecular complexity index is 353. The predicted octanol–water partition coefficient (Wildman–Crippen LogP) is 3.66. The van der Waals surface area contributed by atoms with E-state index in [9.17, 15) is 4.79 Å². The van der Waals surface area contributed by atoms with Gasteiger partial charge >= 0.3 is 0 Å². The highest BCUT2D eigenvalue weighted by molar-refractivity contribution is 5.90. The summed E-state index contributed by atoms with van der Waals surface area (Å²) < 4.78 is 0. The Balaban J connectivity index is 2.70. The Labute approximate surface area is 110 Å². The van der Waals surface area contributed by atoms with Gasteiger partial charge in [0.05, 0.1) is 0 Å². The fourth-order valence-corrected chi connectivity index (χ4v) is 1.91. The number of hydrogen-bond acceptors (Lipinski definition) is 2. The number of carbonyl (C=O) groups excluding carboxylic acids is 1. The average Bonchev–Trinajstić information content (AvgIpc) is 2.39. The largest absolute Gasteiger partial charge is 0.372 e. The van der Waals surface area contributed by atoms with Crippen molar-refractivity contribution in [3.63, 3.8) is 0 Å². The second kappa shape index (κ2) is 7.75. The maximum Gasteiger partial charge on any atom is 0.224 e. The van der Waals surface area contributed by atoms with Crippen LogP contribution in [0.4, 0.5) is 11.4 Å². The number of benzene rings is 1. The van der Waals surface area contributed by atoms with Gasteiger partial charge in [0.25, 0.3) is 0 Å². The molecule has 1 aromatic carbocycles. The molecule has 3 heteroatoms. The van der Waals surface area contributed by atoms with Gasteiger partial charge in [0.2, 0.25) is 5.91 Å². The van der Waals surface area contributed by atoms with Gasteiger partial charge in [0.15, 0.2) is 0 Å². The molecule has 1 rings (SSSR count). The normalized spacial score (nSPS) is 10.2. The van der Waals surface area contributed by atoms with E-state index < -0.39 is 0 Å². The van der Waals surface area contributed by atoms with Gasteiger partial charge in [-0.2, -0.15) is 0 Å². The monoisotopic (exact) mass is 248 g/mol. The van der Waals surface area contributed by atoms with Gasteiger partial charge in [0.1, 0.15) is 0 Å². The lowest BCUT2D eigenvalue weighted by Gasteiger charge is -2.24. The van der Waals surface area contributed by atoms with E-state index in [1.54, 1.807) is 0 Å². The van der Waals surface area contributed by atoms with E-state index in [1.807, 2.05) is 19.1 Å². The Morgan fingerprint density at radius 1 is 1.06 bits per heavy atom. The van der Waals surface area contributed by atoms with Crippen molar-refractivity contribution in [2.24, 2.45) is 0 Å². The van der Waals surface area contributed by atoms with Crippen molar-refractivity contribution in [2.45, 2.75) is 40.0 Å². The van der Waals surface area contributed by atoms with Gasteiger partial charge in [0, 0.05) is 30.9 Å². The SMILES string of the molecule is CCCN(CCC)c1ccc(NC(=O)CC)cc1. The highest BCUT2D eigenvalue weighted by Gasteiger charge is 2.05. The third kappa shape index (κ3) is 4.40. The zero-order chi connectivity index (χ0) is 13.4. The van der Waals surface area contributed by atoms with Gasteiger partial charge < -0.3 is 10.2 Å². The minimum absolute atomic E-state index is 0.0572. The molecule has 0 spiro atoms. The summed E-state index contributed by atoms with van der Waals surface area (Å²) >= 11 is 0. The first kappa shape index (κ1) is 14.6. The molecule has 18 heavy (non-hydrogen) atoms. The van der Waals surface area contributed by atoms with E-state index in [1.165, 1.54) is 5.69 Å². The fourth-order valence-electron chi connectivity index (χ4n) is 1.91. The maximum atomic E-state index is 11.3. The van der Waals surface area contributed by atoms with Crippen LogP contribution in [0.15, 0.2) is 24.3 Å². The molecular formula is C15H24N2O. The van der Waals surface area contributed by atoms with Crippen molar-refractivity contribution >= 4 is 17.3 Å². The fraction of sp³-hybridized carbons (Fsp3) is 0.533. The van der Waals surface area contributed by atoms with Crippen LogP contribution < -0.4 is 10.2 Å². The predicted molar refractivity (Wildman–Crippen MR) is 78.2 cm³/mol. The van der Waals surface area contributed by atoms with Crippen LogP contribution in [0.2, 0.25) is 0 Å². The van der Waals surface area contributed by atoms with Gasteiger partial charge in [-0.05, 0) is 37.1 Å². The molecule has 1 aromatic rings. The van der Waals surface area contributed by atoms with Crippen molar-refractivity contribution in [3.8, 4) is 0 Å². The second-order valence-corrected chi connectivity index (χ2v) is 4.44. The highest BCUT2D eigenvalue weighted by atomic mass is 16.1. The topological polar surface area (TPSA) is 32.3 Å². The van der Waals surface area contributed by atoms with Crippen molar-refractivity contribution in [1.82, 2.24) is 0 Å². The summed E-state index contributed by atoms with van der Waals surface area (Å²) in [4.78, 5) is 13.7. The molecule has 0 aliphatic rings. The molecule has 1 N–H and O–H groups in total. The Morgan fingerprint density at radius 3 is 2.06 bits per heavy atom. The summed E-state index contributed by atoms with van der Waals surface area (Å²) in [5, 5.41) is 2.86. The molecule has 100 valence electrons. The standard InChI is InChI=1S/C15H24N2O/c1-4-11-17(12-5-2)14-9-7-13(8-10-14)16-15(18)6-3/h7-10H,4-6,11-12H2,1-3H3,(H,16,18). The summed E-state index contributed by atoms with van der Waals surface area (Å²) in [6, 6.07) is 8.11. The lowest BCUT2D eigenvalue weighted by atomic mass is 10.2. The molecule has 1 amide bonds. The Kier molecular flexibility index (Phi) is 6.26. The first-order valence-electron chi connectivity index (χ1n) is 6.86. The summed E-state index contributed by atoms with van der Waals surface area (Å²) in [6.07, 6.45) is 2.81. The molecule has 0 fully saturated rings. The molecule has 0 bridgehead atoms. The minimum Gasteiger partial charge on any atom is -0.372 e. The molecule has 0 aliphatic heterocycles. The van der Waals surface area contributed by atoms with E-state index in [0.29, 0.717) is 6.42 Å². The third-order valence-electron chi connectivity index (χ3n) is 2.82. The molecule has 0 saturated carbocycles. The van der Waals surface area contributed by atoms with Crippen molar-refractivity contribution < 1.29 is 4.79 Å². The van der Waals surface area contributed by atoms with Gasteiger partial charge in [-0.25, -0.2) is 0 Å². The zero-order valence-electron chi connectivity index (χ0n) is 11.7. The van der Waals surface area contributed by atoms with E-state index in [-0.39, 0.29) is 5.91 Å². The smallest absolute Gasteiger partial charge is 0.224 e. The van der Waals surface area contributed by atoms with Crippen LogP contribution in [0.3, 0.4) is 0 Å². The number of anilines is 2. The van der Waals surface area contributed by atoms with Gasteiger partial charge in [-0.1, -0.05) is 20.8 Å². The van der Waals surface area contributed by atoms with E-state index in [2.05, 4.69) is 36.2 Å². The van der Waals surface area contributed by atoms with Crippen LogP contribution in [0.1, 0.15) is 40.0 Å². The first-order valence-corrected chi connectivity index (χ1v) is 6.86. The second-order valence-electron chi connectivity index (χ2n) is 4.44. The lowest BCUT2D eigenvalue weighted by molar-refractivity contribution is -0.115. The van der Waals surface area contributed by atoms with Gasteiger partial charge in [-0.15, -0.1) is 0 Å². The van der Waals surface area contributed by atoms with Crippen molar-refractivity contribution in [2.75, 3.05) is 23.3 Å². The van der Waals surface area contributed by atoms with Crippen LogP contribution in [-0.4, -0.2) is 19.0 Å². The van der Waals surface area contributed by atoms with E-state index in [4.69, 9.17) is 0 Å². The Morgan fingerprint density at radius 2 is 1.61 bits per heavy atom. The quantitative estimate of drug-likeness (QED) is 0.798. The van der Waals surface area contributed by atoms with Crippen molar-refractivity contribution in [1.29, 1.82) is 0 Å². The Hall–Kier alpha value is -1.51. The average molecular weight is 248 g/mol. The molecule has 0 atom stereocenters. The number of amides is 1. The number of hydrogen-bond donors (Lipinski definition) is 1. The maximum absolute atomic E-state index is 11.3. The third-order valence-corrected chi connectivity index (χ3v) is 2.82. The van der Waals surface area contributed by atoms with Crippen molar-refractivity contribution in [3.05, 3.63) is 24.3 Å². The van der Waals surface area contributed by atoms with Gasteiger partial charge in [-0.3, -0.25) is 4.79 Å². The van der Waals surface area contributed by atoms with Crippen LogP contribution in [0.5, 0.6) is 0 Å². The number of carbonyl (C=O) groups is 1. The molecule has 0 aliphatic carbocycles. The summed E-state index contributed by atoms with van der Waals surface area (Å²) in [6.45, 7) is 8.40. The minimum atomic E-state index is 0.0572. The van der Waals surface area contributed by atoms with Crippen LogP contribution in [0.25, 0.3) is 0 Å². The number of nitrogens with zero attached hydrogens (tertiary/aromatic N) is 1. The van der Waals surface area contributed by atoms with E-state index in [0.717, 1.165) is 31.6 Å². The van der Waals surface area contributed by atoms with Crippen LogP contribution in [-0.2, 0) is 4.79 Å². The molecule has 0 aromatic heterocycles.